The summed E-state index contributed by atoms with van der Waals surface area (Å²) in [6, 6.07) is 1.10. The standard InChI is InChI=1S/C16H19F2N3OS/c1-4-11(16(2)5-6-16)21-13-9(8-19-15(20-13)23-3)7-10(12(17)18)14(21)22/h7-8,11-12H,4-6H2,1-3H3. The molecule has 7 heteroatoms. The Balaban J connectivity index is 2.35. The zero-order valence-electron chi connectivity index (χ0n) is 13.3. The third-order valence-electron chi connectivity index (χ3n) is 4.74. The molecule has 3 rings (SSSR count). The molecule has 124 valence electrons. The number of nitrogens with zero attached hydrogens (tertiary/aromatic N) is 3. The minimum absolute atomic E-state index is 0.0171. The van der Waals surface area contributed by atoms with Gasteiger partial charge in [0.2, 0.25) is 0 Å². The summed E-state index contributed by atoms with van der Waals surface area (Å²) in [4.78, 5) is 21.3. The largest absolute Gasteiger partial charge is 0.289 e. The number of aromatic nitrogens is 3. The maximum Gasteiger partial charge on any atom is 0.269 e. The number of rotatable bonds is 5. The lowest BCUT2D eigenvalue weighted by Crippen LogP contribution is -2.32. The average molecular weight is 339 g/mol. The van der Waals surface area contributed by atoms with Gasteiger partial charge in [-0.15, -0.1) is 0 Å². The van der Waals surface area contributed by atoms with Gasteiger partial charge in [-0.25, -0.2) is 18.7 Å². The van der Waals surface area contributed by atoms with Crippen LogP contribution in [0.5, 0.6) is 0 Å². The van der Waals surface area contributed by atoms with E-state index in [-0.39, 0.29) is 11.5 Å². The highest BCUT2D eigenvalue weighted by Gasteiger charge is 2.46. The molecule has 2 aromatic heterocycles. The normalized spacial score (nSPS) is 17.7. The van der Waals surface area contributed by atoms with Gasteiger partial charge in [0.15, 0.2) is 5.16 Å². The van der Waals surface area contributed by atoms with Crippen LogP contribution in [-0.4, -0.2) is 20.8 Å². The first-order valence-electron chi connectivity index (χ1n) is 7.65. The number of alkyl halides is 2. The van der Waals surface area contributed by atoms with Crippen LogP contribution in [0.1, 0.15) is 51.1 Å². The molecule has 0 saturated heterocycles. The molecule has 0 radical (unpaired) electrons. The number of pyridine rings is 1. The van der Waals surface area contributed by atoms with E-state index in [2.05, 4.69) is 16.9 Å². The summed E-state index contributed by atoms with van der Waals surface area (Å²) in [5, 5.41) is 1.02. The van der Waals surface area contributed by atoms with E-state index >= 15 is 0 Å². The molecule has 1 fully saturated rings. The van der Waals surface area contributed by atoms with Gasteiger partial charge in [-0.05, 0) is 37.0 Å². The van der Waals surface area contributed by atoms with Gasteiger partial charge in [0.1, 0.15) is 5.65 Å². The van der Waals surface area contributed by atoms with Gasteiger partial charge in [-0.1, -0.05) is 25.6 Å². The van der Waals surface area contributed by atoms with Crippen LogP contribution in [-0.2, 0) is 0 Å². The number of thioether (sulfide) groups is 1. The highest BCUT2D eigenvalue weighted by atomic mass is 32.2. The zero-order chi connectivity index (χ0) is 16.8. The maximum absolute atomic E-state index is 13.3. The number of halogens is 2. The van der Waals surface area contributed by atoms with Crippen LogP contribution in [0.15, 0.2) is 22.2 Å². The van der Waals surface area contributed by atoms with Gasteiger partial charge < -0.3 is 0 Å². The second kappa shape index (κ2) is 5.85. The van der Waals surface area contributed by atoms with Crippen molar-refractivity contribution in [1.82, 2.24) is 14.5 Å². The van der Waals surface area contributed by atoms with E-state index in [0.29, 0.717) is 22.6 Å². The van der Waals surface area contributed by atoms with Crippen LogP contribution in [0.25, 0.3) is 11.0 Å². The van der Waals surface area contributed by atoms with Crippen molar-refractivity contribution in [2.45, 2.75) is 50.7 Å². The Bertz CT molecular complexity index is 802. The maximum atomic E-state index is 13.3. The first-order chi connectivity index (χ1) is 10.9. The minimum Gasteiger partial charge on any atom is -0.289 e. The third kappa shape index (κ3) is 2.75. The number of fused-ring (bicyclic) bond motifs is 1. The molecular weight excluding hydrogens is 320 g/mol. The predicted octanol–water partition coefficient (Wildman–Crippen LogP) is 4.20. The SMILES string of the molecule is CCC(n1c(=O)c(C(F)F)cc2cnc(SC)nc21)C1(C)CC1. The molecule has 1 aliphatic rings. The fraction of sp³-hybridized carbons (Fsp3) is 0.562. The minimum atomic E-state index is -2.80. The van der Waals surface area contributed by atoms with Crippen LogP contribution >= 0.6 is 11.8 Å². The lowest BCUT2D eigenvalue weighted by molar-refractivity contribution is 0.148. The Morgan fingerprint density at radius 1 is 1.43 bits per heavy atom. The van der Waals surface area contributed by atoms with Crippen molar-refractivity contribution in [1.29, 1.82) is 0 Å². The van der Waals surface area contributed by atoms with Gasteiger partial charge in [0, 0.05) is 17.6 Å². The Labute approximate surface area is 137 Å². The third-order valence-corrected chi connectivity index (χ3v) is 5.30. The van der Waals surface area contributed by atoms with Crippen molar-refractivity contribution in [2.24, 2.45) is 5.41 Å². The van der Waals surface area contributed by atoms with Gasteiger partial charge in [0.25, 0.3) is 12.0 Å². The van der Waals surface area contributed by atoms with E-state index in [0.717, 1.165) is 12.8 Å². The molecule has 1 unspecified atom stereocenters. The van der Waals surface area contributed by atoms with E-state index in [4.69, 9.17) is 0 Å². The van der Waals surface area contributed by atoms with Crippen LogP contribution in [0, 0.1) is 5.41 Å². The second-order valence-electron chi connectivity index (χ2n) is 6.29. The summed E-state index contributed by atoms with van der Waals surface area (Å²) in [6.07, 6.45) is 3.27. The highest BCUT2D eigenvalue weighted by molar-refractivity contribution is 7.98. The molecule has 0 bridgehead atoms. The number of hydrogen-bond acceptors (Lipinski definition) is 4. The summed E-state index contributed by atoms with van der Waals surface area (Å²) in [5.74, 6) is 0. The smallest absolute Gasteiger partial charge is 0.269 e. The molecule has 0 aromatic carbocycles. The van der Waals surface area contributed by atoms with Crippen molar-refractivity contribution in [3.8, 4) is 0 Å². The Morgan fingerprint density at radius 3 is 2.65 bits per heavy atom. The Hall–Kier alpha value is -1.50. The molecule has 4 nitrogen and oxygen atoms in total. The van der Waals surface area contributed by atoms with Crippen LogP contribution in [0.4, 0.5) is 8.78 Å². The highest BCUT2D eigenvalue weighted by Crippen LogP contribution is 2.55. The summed E-state index contributed by atoms with van der Waals surface area (Å²) >= 11 is 1.37. The molecule has 0 spiro atoms. The van der Waals surface area contributed by atoms with Gasteiger partial charge in [-0.3, -0.25) is 9.36 Å². The molecule has 2 heterocycles. The van der Waals surface area contributed by atoms with E-state index in [1.807, 2.05) is 13.2 Å². The first-order valence-corrected chi connectivity index (χ1v) is 8.88. The van der Waals surface area contributed by atoms with Crippen molar-refractivity contribution in [2.75, 3.05) is 6.26 Å². The molecule has 1 saturated carbocycles. The fourth-order valence-electron chi connectivity index (χ4n) is 3.19. The molecule has 1 aliphatic carbocycles. The lowest BCUT2D eigenvalue weighted by Gasteiger charge is -2.26. The zero-order valence-corrected chi connectivity index (χ0v) is 14.2. The van der Waals surface area contributed by atoms with Gasteiger partial charge in [0.05, 0.1) is 5.56 Å². The predicted molar refractivity (Wildman–Crippen MR) is 87.2 cm³/mol. The fourth-order valence-corrected chi connectivity index (χ4v) is 3.52. The quantitative estimate of drug-likeness (QED) is 0.605. The average Bonchev–Trinajstić information content (AvgIpc) is 3.27. The molecule has 0 N–H and O–H groups in total. The second-order valence-corrected chi connectivity index (χ2v) is 7.06. The van der Waals surface area contributed by atoms with Crippen LogP contribution in [0.3, 0.4) is 0 Å². The van der Waals surface area contributed by atoms with Crippen molar-refractivity contribution >= 4 is 22.8 Å². The van der Waals surface area contributed by atoms with Crippen molar-refractivity contribution in [3.05, 3.63) is 28.2 Å². The molecule has 1 atom stereocenters. The van der Waals surface area contributed by atoms with Crippen LogP contribution < -0.4 is 5.56 Å². The van der Waals surface area contributed by atoms with E-state index in [1.165, 1.54) is 28.6 Å². The first kappa shape index (κ1) is 16.4. The Kier molecular flexibility index (Phi) is 4.16. The van der Waals surface area contributed by atoms with Gasteiger partial charge >= 0.3 is 0 Å². The summed E-state index contributed by atoms with van der Waals surface area (Å²) in [7, 11) is 0. The van der Waals surface area contributed by atoms with Gasteiger partial charge in [-0.2, -0.15) is 0 Å². The molecule has 0 amide bonds. The van der Waals surface area contributed by atoms with Crippen molar-refractivity contribution in [3.63, 3.8) is 0 Å². The summed E-state index contributed by atoms with van der Waals surface area (Å²) in [6.45, 7) is 4.09. The lowest BCUT2D eigenvalue weighted by atomic mass is 9.95. The van der Waals surface area contributed by atoms with Crippen LogP contribution in [0.2, 0.25) is 0 Å². The topological polar surface area (TPSA) is 47.8 Å². The van der Waals surface area contributed by atoms with E-state index in [9.17, 15) is 13.6 Å². The molecular formula is C16H19F2N3OS. The Morgan fingerprint density at radius 2 is 2.13 bits per heavy atom. The molecule has 23 heavy (non-hydrogen) atoms. The summed E-state index contributed by atoms with van der Waals surface area (Å²) in [5.41, 5.74) is -0.658. The monoisotopic (exact) mass is 339 g/mol. The van der Waals surface area contributed by atoms with E-state index < -0.39 is 17.5 Å². The number of hydrogen-bond donors (Lipinski definition) is 0. The molecule has 2 aromatic rings. The summed E-state index contributed by atoms with van der Waals surface area (Å²) < 4.78 is 28.1. The van der Waals surface area contributed by atoms with Crippen molar-refractivity contribution < 1.29 is 8.78 Å². The van der Waals surface area contributed by atoms with E-state index in [1.54, 1.807) is 0 Å². The molecule has 0 aliphatic heterocycles.